The molecule has 0 spiro atoms. The third kappa shape index (κ3) is 3.15. The van der Waals surface area contributed by atoms with Gasteiger partial charge in [-0.3, -0.25) is 0 Å². The van der Waals surface area contributed by atoms with E-state index in [-0.39, 0.29) is 5.92 Å². The highest BCUT2D eigenvalue weighted by molar-refractivity contribution is 6.32. The fourth-order valence-corrected chi connectivity index (χ4v) is 2.74. The SMILES string of the molecule is COc1ccc(/C=C2/N=C(C3CCOCC3)OC2=O)cc1Cl. The van der Waals surface area contributed by atoms with Crippen LogP contribution in [-0.2, 0) is 14.3 Å². The second-order valence-electron chi connectivity index (χ2n) is 5.15. The number of rotatable bonds is 3. The molecule has 0 aromatic heterocycles. The summed E-state index contributed by atoms with van der Waals surface area (Å²) in [5.74, 6) is 0.819. The van der Waals surface area contributed by atoms with Gasteiger partial charge >= 0.3 is 5.97 Å². The average molecular weight is 322 g/mol. The lowest BCUT2D eigenvalue weighted by atomic mass is 10.0. The summed E-state index contributed by atoms with van der Waals surface area (Å²) in [6.07, 6.45) is 3.32. The van der Waals surface area contributed by atoms with Crippen molar-refractivity contribution in [3.63, 3.8) is 0 Å². The molecule has 2 aliphatic heterocycles. The van der Waals surface area contributed by atoms with Crippen molar-refractivity contribution in [1.82, 2.24) is 0 Å². The van der Waals surface area contributed by atoms with Gasteiger partial charge in [0.1, 0.15) is 5.75 Å². The van der Waals surface area contributed by atoms with Crippen molar-refractivity contribution in [2.75, 3.05) is 20.3 Å². The van der Waals surface area contributed by atoms with Gasteiger partial charge in [0.05, 0.1) is 12.1 Å². The molecule has 1 aromatic rings. The maximum absolute atomic E-state index is 11.9. The molecule has 0 radical (unpaired) electrons. The van der Waals surface area contributed by atoms with Crippen LogP contribution in [0, 0.1) is 5.92 Å². The van der Waals surface area contributed by atoms with Crippen molar-refractivity contribution in [2.24, 2.45) is 10.9 Å². The number of methoxy groups -OCH3 is 1. The molecule has 0 saturated carbocycles. The van der Waals surface area contributed by atoms with E-state index in [0.29, 0.717) is 35.6 Å². The maximum Gasteiger partial charge on any atom is 0.363 e. The second-order valence-corrected chi connectivity index (χ2v) is 5.56. The van der Waals surface area contributed by atoms with E-state index in [1.54, 1.807) is 25.3 Å². The summed E-state index contributed by atoms with van der Waals surface area (Å²) in [6.45, 7) is 1.35. The first kappa shape index (κ1) is 15.1. The number of carbonyl (C=O) groups is 1. The highest BCUT2D eigenvalue weighted by Crippen LogP contribution is 2.28. The average Bonchev–Trinajstić information content (AvgIpc) is 2.89. The van der Waals surface area contributed by atoms with Gasteiger partial charge in [-0.15, -0.1) is 0 Å². The van der Waals surface area contributed by atoms with Crippen molar-refractivity contribution < 1.29 is 19.0 Å². The van der Waals surface area contributed by atoms with Crippen LogP contribution < -0.4 is 4.74 Å². The Bertz CT molecular complexity index is 648. The number of hydrogen-bond acceptors (Lipinski definition) is 5. The summed E-state index contributed by atoms with van der Waals surface area (Å²) in [6, 6.07) is 5.29. The van der Waals surface area contributed by atoms with E-state index in [1.165, 1.54) is 0 Å². The fourth-order valence-electron chi connectivity index (χ4n) is 2.48. The number of ether oxygens (including phenoxy) is 3. The Morgan fingerprint density at radius 3 is 2.82 bits per heavy atom. The van der Waals surface area contributed by atoms with Crippen LogP contribution in [0.1, 0.15) is 18.4 Å². The third-order valence-corrected chi connectivity index (χ3v) is 3.98. The Morgan fingerprint density at radius 2 is 2.14 bits per heavy atom. The van der Waals surface area contributed by atoms with E-state index in [1.807, 2.05) is 6.07 Å². The highest BCUT2D eigenvalue weighted by Gasteiger charge is 2.30. The molecule has 0 aliphatic carbocycles. The minimum absolute atomic E-state index is 0.156. The normalized spacial score (nSPS) is 20.9. The first-order valence-electron chi connectivity index (χ1n) is 7.11. The highest BCUT2D eigenvalue weighted by atomic mass is 35.5. The molecule has 22 heavy (non-hydrogen) atoms. The molecular formula is C16H16ClNO4. The number of halogens is 1. The first-order chi connectivity index (χ1) is 10.7. The number of hydrogen-bond donors (Lipinski definition) is 0. The number of carbonyl (C=O) groups excluding carboxylic acids is 1. The van der Waals surface area contributed by atoms with Gasteiger partial charge in [0.25, 0.3) is 0 Å². The van der Waals surface area contributed by atoms with Crippen molar-refractivity contribution >= 4 is 29.5 Å². The van der Waals surface area contributed by atoms with Crippen LogP contribution in [0.4, 0.5) is 0 Å². The molecule has 0 amide bonds. The predicted octanol–water partition coefficient (Wildman–Crippen LogP) is 3.07. The summed E-state index contributed by atoms with van der Waals surface area (Å²) >= 11 is 6.08. The van der Waals surface area contributed by atoms with E-state index in [4.69, 9.17) is 25.8 Å². The van der Waals surface area contributed by atoms with Gasteiger partial charge in [0, 0.05) is 19.1 Å². The first-order valence-corrected chi connectivity index (χ1v) is 7.49. The molecule has 1 fully saturated rings. The van der Waals surface area contributed by atoms with Crippen LogP contribution in [0.3, 0.4) is 0 Å². The topological polar surface area (TPSA) is 57.1 Å². The Labute approximate surface area is 133 Å². The van der Waals surface area contributed by atoms with Gasteiger partial charge in [0.2, 0.25) is 5.90 Å². The Balaban J connectivity index is 1.82. The second kappa shape index (κ2) is 6.50. The summed E-state index contributed by atoms with van der Waals surface area (Å²) in [5.41, 5.74) is 1.07. The summed E-state index contributed by atoms with van der Waals surface area (Å²) in [7, 11) is 1.55. The molecule has 1 saturated heterocycles. The number of esters is 1. The Kier molecular flexibility index (Phi) is 4.45. The minimum atomic E-state index is -0.423. The molecule has 0 bridgehead atoms. The van der Waals surface area contributed by atoms with Crippen molar-refractivity contribution in [3.8, 4) is 5.75 Å². The van der Waals surface area contributed by atoms with E-state index in [0.717, 1.165) is 18.4 Å². The number of nitrogens with zero attached hydrogens (tertiary/aromatic N) is 1. The van der Waals surface area contributed by atoms with Crippen LogP contribution in [-0.4, -0.2) is 32.2 Å². The molecule has 0 N–H and O–H groups in total. The number of aliphatic imine (C=N–C) groups is 1. The quantitative estimate of drug-likeness (QED) is 0.634. The zero-order chi connectivity index (χ0) is 15.5. The molecule has 6 heteroatoms. The standard InChI is InChI=1S/C16H16ClNO4/c1-20-14-3-2-10(8-12(14)17)9-13-16(19)22-15(18-13)11-4-6-21-7-5-11/h2-3,8-9,11H,4-7H2,1H3/b13-9+. The fraction of sp³-hybridized carbons (Fsp3) is 0.375. The van der Waals surface area contributed by atoms with Crippen molar-refractivity contribution in [2.45, 2.75) is 12.8 Å². The van der Waals surface area contributed by atoms with E-state index in [2.05, 4.69) is 4.99 Å². The molecule has 1 aromatic carbocycles. The van der Waals surface area contributed by atoms with Crippen LogP contribution >= 0.6 is 11.6 Å². The monoisotopic (exact) mass is 321 g/mol. The van der Waals surface area contributed by atoms with Crippen LogP contribution in [0.5, 0.6) is 5.75 Å². The lowest BCUT2D eigenvalue weighted by molar-refractivity contribution is -0.130. The van der Waals surface area contributed by atoms with E-state index >= 15 is 0 Å². The zero-order valence-corrected chi connectivity index (χ0v) is 12.9. The molecule has 116 valence electrons. The molecule has 2 aliphatic rings. The lowest BCUT2D eigenvalue weighted by Gasteiger charge is -2.20. The molecule has 3 rings (SSSR count). The van der Waals surface area contributed by atoms with E-state index in [9.17, 15) is 4.79 Å². The van der Waals surface area contributed by atoms with Gasteiger partial charge in [-0.2, -0.15) is 0 Å². The van der Waals surface area contributed by atoms with Gasteiger partial charge in [-0.1, -0.05) is 17.7 Å². The molecule has 2 heterocycles. The summed E-state index contributed by atoms with van der Waals surface area (Å²) < 4.78 is 15.7. The van der Waals surface area contributed by atoms with Crippen molar-refractivity contribution in [3.05, 3.63) is 34.5 Å². The zero-order valence-electron chi connectivity index (χ0n) is 12.2. The Morgan fingerprint density at radius 1 is 1.36 bits per heavy atom. The summed E-state index contributed by atoms with van der Waals surface area (Å²) in [4.78, 5) is 16.3. The number of benzene rings is 1. The predicted molar refractivity (Wildman–Crippen MR) is 83.1 cm³/mol. The largest absolute Gasteiger partial charge is 0.495 e. The third-order valence-electron chi connectivity index (χ3n) is 3.69. The summed E-state index contributed by atoms with van der Waals surface area (Å²) in [5, 5.41) is 0.483. The lowest BCUT2D eigenvalue weighted by Crippen LogP contribution is -2.24. The Hall–Kier alpha value is -1.85. The van der Waals surface area contributed by atoms with Crippen molar-refractivity contribution in [1.29, 1.82) is 0 Å². The molecule has 5 nitrogen and oxygen atoms in total. The molecule has 0 atom stereocenters. The van der Waals surface area contributed by atoms with Crippen LogP contribution in [0.2, 0.25) is 5.02 Å². The molecular weight excluding hydrogens is 306 g/mol. The minimum Gasteiger partial charge on any atom is -0.495 e. The van der Waals surface area contributed by atoms with Crippen LogP contribution in [0.25, 0.3) is 6.08 Å². The van der Waals surface area contributed by atoms with Gasteiger partial charge in [0.15, 0.2) is 5.70 Å². The van der Waals surface area contributed by atoms with Gasteiger partial charge in [-0.25, -0.2) is 9.79 Å². The smallest absolute Gasteiger partial charge is 0.363 e. The van der Waals surface area contributed by atoms with Gasteiger partial charge in [-0.05, 0) is 36.6 Å². The van der Waals surface area contributed by atoms with E-state index < -0.39 is 5.97 Å². The maximum atomic E-state index is 11.9. The van der Waals surface area contributed by atoms with Crippen LogP contribution in [0.15, 0.2) is 28.9 Å². The number of cyclic esters (lactones) is 1. The van der Waals surface area contributed by atoms with Gasteiger partial charge < -0.3 is 14.2 Å². The molecule has 0 unspecified atom stereocenters.